The van der Waals surface area contributed by atoms with E-state index in [1.807, 2.05) is 67.6 Å². The Morgan fingerprint density at radius 3 is 2.06 bits per heavy atom. The molecule has 0 atom stereocenters. The van der Waals surface area contributed by atoms with E-state index in [1.165, 1.54) is 0 Å². The highest BCUT2D eigenvalue weighted by molar-refractivity contribution is 5.99. The van der Waals surface area contributed by atoms with E-state index < -0.39 is 0 Å². The van der Waals surface area contributed by atoms with Gasteiger partial charge in [0.25, 0.3) is 5.91 Å². The van der Waals surface area contributed by atoms with Crippen molar-refractivity contribution >= 4 is 17.6 Å². The number of nitrogens with one attached hydrogen (secondary N) is 1. The van der Waals surface area contributed by atoms with E-state index in [0.717, 1.165) is 16.9 Å². The molecule has 0 aliphatic rings. The molecule has 34 heavy (non-hydrogen) atoms. The van der Waals surface area contributed by atoms with Crippen molar-refractivity contribution in [3.63, 3.8) is 0 Å². The smallest absolute Gasteiger partial charge is 0.254 e. The number of hydrogen-bond donors (Lipinski definition) is 1. The molecule has 0 unspecified atom stereocenters. The molecule has 6 heteroatoms. The lowest BCUT2D eigenvalue weighted by Crippen LogP contribution is -2.38. The molecular weight excluding hydrogens is 424 g/mol. The molecule has 0 spiro atoms. The Kier molecular flexibility index (Phi) is 7.29. The van der Waals surface area contributed by atoms with E-state index in [-0.39, 0.29) is 29.2 Å². The fourth-order valence-electron chi connectivity index (χ4n) is 3.58. The molecule has 1 aromatic heterocycles. The van der Waals surface area contributed by atoms with Crippen LogP contribution >= 0.6 is 0 Å². The van der Waals surface area contributed by atoms with E-state index >= 15 is 0 Å². The zero-order valence-electron chi connectivity index (χ0n) is 21.3. The van der Waals surface area contributed by atoms with Gasteiger partial charge in [0.15, 0.2) is 0 Å². The SMILES string of the molecule is CCN(CC(=O)Nc1cc(C(C)(C)C)nn1-c1ccccc1)C(=O)c1ccc(C(C)(C)C)cc1. The van der Waals surface area contributed by atoms with Crippen LogP contribution in [0.3, 0.4) is 0 Å². The fourth-order valence-corrected chi connectivity index (χ4v) is 3.58. The van der Waals surface area contributed by atoms with Crippen molar-refractivity contribution < 1.29 is 9.59 Å². The molecule has 6 nitrogen and oxygen atoms in total. The molecule has 1 N–H and O–H groups in total. The van der Waals surface area contributed by atoms with Crippen molar-refractivity contribution in [2.45, 2.75) is 59.3 Å². The minimum absolute atomic E-state index is 0.0134. The molecule has 0 saturated heterocycles. The van der Waals surface area contributed by atoms with Crippen LogP contribution in [0.4, 0.5) is 5.82 Å². The molecule has 0 fully saturated rings. The van der Waals surface area contributed by atoms with Crippen LogP contribution in [0.5, 0.6) is 0 Å². The summed E-state index contributed by atoms with van der Waals surface area (Å²) in [6, 6.07) is 19.2. The lowest BCUT2D eigenvalue weighted by Gasteiger charge is -2.22. The Labute approximate surface area is 203 Å². The van der Waals surface area contributed by atoms with Gasteiger partial charge < -0.3 is 10.2 Å². The largest absolute Gasteiger partial charge is 0.330 e. The van der Waals surface area contributed by atoms with Crippen LogP contribution in [-0.2, 0) is 15.6 Å². The van der Waals surface area contributed by atoms with Crippen molar-refractivity contribution in [1.82, 2.24) is 14.7 Å². The number of para-hydroxylation sites is 1. The van der Waals surface area contributed by atoms with Gasteiger partial charge in [-0.1, -0.05) is 71.9 Å². The number of anilines is 1. The van der Waals surface area contributed by atoms with Gasteiger partial charge in [0.05, 0.1) is 11.4 Å². The van der Waals surface area contributed by atoms with Crippen LogP contribution in [0.25, 0.3) is 5.69 Å². The third-order valence-electron chi connectivity index (χ3n) is 5.75. The van der Waals surface area contributed by atoms with Gasteiger partial charge in [-0.15, -0.1) is 0 Å². The Bertz CT molecular complexity index is 1130. The average Bonchev–Trinajstić information content (AvgIpc) is 3.21. The van der Waals surface area contributed by atoms with Gasteiger partial charge in [-0.25, -0.2) is 4.68 Å². The number of rotatable bonds is 6. The van der Waals surface area contributed by atoms with E-state index in [4.69, 9.17) is 5.10 Å². The molecule has 0 radical (unpaired) electrons. The average molecular weight is 461 g/mol. The first-order valence-electron chi connectivity index (χ1n) is 11.8. The minimum atomic E-state index is -0.265. The topological polar surface area (TPSA) is 67.2 Å². The first-order chi connectivity index (χ1) is 15.9. The van der Waals surface area contributed by atoms with Crippen molar-refractivity contribution in [3.05, 3.63) is 77.5 Å². The summed E-state index contributed by atoms with van der Waals surface area (Å²) >= 11 is 0. The number of likely N-dealkylation sites (N-methyl/N-ethyl adjacent to an activating group) is 1. The highest BCUT2D eigenvalue weighted by atomic mass is 16.2. The summed E-state index contributed by atoms with van der Waals surface area (Å²) in [5.74, 6) is 0.156. The Hall–Kier alpha value is -3.41. The van der Waals surface area contributed by atoms with E-state index in [9.17, 15) is 9.59 Å². The third kappa shape index (κ3) is 5.93. The van der Waals surface area contributed by atoms with Gasteiger partial charge in [-0.05, 0) is 42.2 Å². The first-order valence-corrected chi connectivity index (χ1v) is 11.8. The summed E-state index contributed by atoms with van der Waals surface area (Å²) in [5, 5.41) is 7.71. The van der Waals surface area contributed by atoms with Crippen LogP contribution in [0.15, 0.2) is 60.7 Å². The minimum Gasteiger partial charge on any atom is -0.330 e. The standard InChI is InChI=1S/C28H36N4O2/c1-8-31(26(34)20-14-16-21(17-15-20)27(2,3)4)19-25(33)29-24-18-23(28(5,6)7)30-32(24)22-12-10-9-11-13-22/h9-18H,8,19H2,1-7H3,(H,29,33). The van der Waals surface area contributed by atoms with E-state index in [1.54, 1.807) is 9.58 Å². The molecule has 180 valence electrons. The second-order valence-electron chi connectivity index (χ2n) is 10.6. The third-order valence-corrected chi connectivity index (χ3v) is 5.75. The van der Waals surface area contributed by atoms with Crippen molar-refractivity contribution in [3.8, 4) is 5.69 Å². The maximum absolute atomic E-state index is 13.1. The maximum atomic E-state index is 13.1. The van der Waals surface area contributed by atoms with Crippen LogP contribution in [0.1, 0.15) is 70.1 Å². The van der Waals surface area contributed by atoms with E-state index in [0.29, 0.717) is 17.9 Å². The Morgan fingerprint density at radius 1 is 0.912 bits per heavy atom. The zero-order valence-corrected chi connectivity index (χ0v) is 21.3. The summed E-state index contributed by atoms with van der Waals surface area (Å²) in [4.78, 5) is 27.6. The Balaban J connectivity index is 1.79. The summed E-state index contributed by atoms with van der Waals surface area (Å²) in [6.07, 6.45) is 0. The fraction of sp³-hybridized carbons (Fsp3) is 0.393. The molecule has 2 amide bonds. The lowest BCUT2D eigenvalue weighted by atomic mass is 9.86. The second-order valence-corrected chi connectivity index (χ2v) is 10.6. The quantitative estimate of drug-likeness (QED) is 0.523. The summed E-state index contributed by atoms with van der Waals surface area (Å²) < 4.78 is 1.74. The Morgan fingerprint density at radius 2 is 1.53 bits per heavy atom. The van der Waals surface area contributed by atoms with Gasteiger partial charge in [-0.3, -0.25) is 9.59 Å². The first kappa shape index (κ1) is 25.2. The zero-order chi connectivity index (χ0) is 25.1. The maximum Gasteiger partial charge on any atom is 0.254 e. The van der Waals surface area contributed by atoms with Crippen molar-refractivity contribution in [2.75, 3.05) is 18.4 Å². The number of nitrogens with zero attached hydrogens (tertiary/aromatic N) is 3. The monoisotopic (exact) mass is 460 g/mol. The number of hydrogen-bond acceptors (Lipinski definition) is 3. The molecular formula is C28H36N4O2. The lowest BCUT2D eigenvalue weighted by molar-refractivity contribution is -0.116. The molecule has 0 saturated carbocycles. The molecule has 0 bridgehead atoms. The summed E-state index contributed by atoms with van der Waals surface area (Å²) in [7, 11) is 0. The van der Waals surface area contributed by atoms with Crippen LogP contribution in [0.2, 0.25) is 0 Å². The number of amides is 2. The van der Waals surface area contributed by atoms with Crippen LogP contribution < -0.4 is 5.32 Å². The molecule has 0 aliphatic heterocycles. The molecule has 3 rings (SSSR count). The molecule has 1 heterocycles. The second kappa shape index (κ2) is 9.84. The molecule has 3 aromatic rings. The van der Waals surface area contributed by atoms with Gasteiger partial charge >= 0.3 is 0 Å². The summed E-state index contributed by atoms with van der Waals surface area (Å²) in [5.41, 5.74) is 3.30. The van der Waals surface area contributed by atoms with Gasteiger partial charge in [0.2, 0.25) is 5.91 Å². The number of carbonyl (C=O) groups is 2. The van der Waals surface area contributed by atoms with Crippen molar-refractivity contribution in [2.24, 2.45) is 0 Å². The van der Waals surface area contributed by atoms with Gasteiger partial charge in [0, 0.05) is 23.6 Å². The highest BCUT2D eigenvalue weighted by Gasteiger charge is 2.23. The molecule has 2 aromatic carbocycles. The number of aromatic nitrogens is 2. The van der Waals surface area contributed by atoms with Crippen LogP contribution in [0, 0.1) is 0 Å². The predicted octanol–water partition coefficient (Wildman–Crippen LogP) is 5.57. The van der Waals surface area contributed by atoms with Gasteiger partial charge in [0.1, 0.15) is 12.4 Å². The number of carbonyl (C=O) groups excluding carboxylic acids is 2. The van der Waals surface area contributed by atoms with Gasteiger partial charge in [-0.2, -0.15) is 5.10 Å². The molecule has 0 aliphatic carbocycles. The van der Waals surface area contributed by atoms with Crippen LogP contribution in [-0.4, -0.2) is 39.6 Å². The predicted molar refractivity (Wildman–Crippen MR) is 138 cm³/mol. The summed E-state index contributed by atoms with van der Waals surface area (Å²) in [6.45, 7) is 14.9. The number of benzene rings is 2. The van der Waals surface area contributed by atoms with E-state index in [2.05, 4.69) is 46.9 Å². The normalized spacial score (nSPS) is 11.9. The van der Waals surface area contributed by atoms with Crippen molar-refractivity contribution in [1.29, 1.82) is 0 Å². The highest BCUT2D eigenvalue weighted by Crippen LogP contribution is 2.26.